The molecule has 0 aliphatic carbocycles. The van der Waals surface area contributed by atoms with Crippen LogP contribution in [-0.2, 0) is 0 Å². The van der Waals surface area contributed by atoms with E-state index in [0.717, 1.165) is 12.1 Å². The van der Waals surface area contributed by atoms with Crippen molar-refractivity contribution >= 4 is 11.6 Å². The zero-order valence-electron chi connectivity index (χ0n) is 10.7. The van der Waals surface area contributed by atoms with Crippen LogP contribution < -0.4 is 5.73 Å². The van der Waals surface area contributed by atoms with Crippen molar-refractivity contribution < 1.29 is 0 Å². The smallest absolute Gasteiger partial charge is 0.0589 e. The molecule has 0 bridgehead atoms. The Morgan fingerprint density at radius 1 is 1.18 bits per heavy atom. The van der Waals surface area contributed by atoms with Crippen molar-refractivity contribution in [3.8, 4) is 0 Å². The summed E-state index contributed by atoms with van der Waals surface area (Å²) in [7, 11) is 0. The molecule has 0 amide bonds. The average molecular weight is 255 g/mol. The Bertz CT molecular complexity index is 298. The lowest BCUT2D eigenvalue weighted by Gasteiger charge is -2.10. The molecule has 1 heterocycles. The summed E-state index contributed by atoms with van der Waals surface area (Å²) in [5.41, 5.74) is 7.03. The second-order valence-corrected chi connectivity index (χ2v) is 5.00. The van der Waals surface area contributed by atoms with Crippen LogP contribution in [0.4, 0.5) is 0 Å². The lowest BCUT2D eigenvalue weighted by atomic mass is 10.0. The quantitative estimate of drug-likeness (QED) is 0.695. The Morgan fingerprint density at radius 3 is 2.53 bits per heavy atom. The minimum Gasteiger partial charge on any atom is -0.323 e. The van der Waals surface area contributed by atoms with Gasteiger partial charge in [0.25, 0.3) is 0 Å². The van der Waals surface area contributed by atoms with Gasteiger partial charge in [-0.3, -0.25) is 4.98 Å². The highest BCUT2D eigenvalue weighted by molar-refractivity contribution is 6.30. The number of unbranched alkanes of at least 4 members (excludes halogenated alkanes) is 5. The predicted octanol–water partition coefficient (Wildman–Crippen LogP) is 4.49. The van der Waals surface area contributed by atoms with Gasteiger partial charge in [0.2, 0.25) is 0 Å². The highest BCUT2D eigenvalue weighted by Crippen LogP contribution is 2.17. The van der Waals surface area contributed by atoms with Crippen molar-refractivity contribution in [1.82, 2.24) is 4.98 Å². The molecule has 1 atom stereocenters. The zero-order valence-corrected chi connectivity index (χ0v) is 11.4. The van der Waals surface area contributed by atoms with E-state index in [1.165, 1.54) is 38.5 Å². The van der Waals surface area contributed by atoms with E-state index in [1.54, 1.807) is 6.20 Å². The predicted molar refractivity (Wildman–Crippen MR) is 74.2 cm³/mol. The number of rotatable bonds is 8. The van der Waals surface area contributed by atoms with Gasteiger partial charge >= 0.3 is 0 Å². The summed E-state index contributed by atoms with van der Waals surface area (Å²) in [6, 6.07) is 3.83. The molecule has 1 unspecified atom stereocenters. The van der Waals surface area contributed by atoms with Crippen LogP contribution >= 0.6 is 11.6 Å². The van der Waals surface area contributed by atoms with Crippen LogP contribution in [-0.4, -0.2) is 4.98 Å². The first-order valence-corrected chi connectivity index (χ1v) is 6.99. The average Bonchev–Trinajstić information content (AvgIpc) is 2.34. The highest BCUT2D eigenvalue weighted by atomic mass is 35.5. The van der Waals surface area contributed by atoms with Gasteiger partial charge in [-0.15, -0.1) is 0 Å². The van der Waals surface area contributed by atoms with E-state index in [2.05, 4.69) is 11.9 Å². The monoisotopic (exact) mass is 254 g/mol. The number of nitrogens with two attached hydrogens (primary N) is 1. The van der Waals surface area contributed by atoms with Gasteiger partial charge in [0.1, 0.15) is 0 Å². The maximum absolute atomic E-state index is 6.08. The van der Waals surface area contributed by atoms with Crippen LogP contribution in [0.25, 0.3) is 0 Å². The van der Waals surface area contributed by atoms with Crippen molar-refractivity contribution in [3.63, 3.8) is 0 Å². The second kappa shape index (κ2) is 8.48. The SMILES string of the molecule is CCCCCCCCC(N)c1ccc(Cl)cn1. The normalized spacial score (nSPS) is 12.6. The van der Waals surface area contributed by atoms with Crippen LogP contribution in [0.3, 0.4) is 0 Å². The molecule has 0 saturated heterocycles. The maximum atomic E-state index is 6.08. The Labute approximate surface area is 110 Å². The minimum absolute atomic E-state index is 0.0541. The van der Waals surface area contributed by atoms with E-state index in [-0.39, 0.29) is 6.04 Å². The van der Waals surface area contributed by atoms with Crippen LogP contribution in [0.2, 0.25) is 5.02 Å². The molecule has 1 aromatic rings. The number of hydrogen-bond donors (Lipinski definition) is 1. The Morgan fingerprint density at radius 2 is 1.88 bits per heavy atom. The van der Waals surface area contributed by atoms with E-state index in [9.17, 15) is 0 Å². The number of aromatic nitrogens is 1. The standard InChI is InChI=1S/C14H23ClN2/c1-2-3-4-5-6-7-8-13(16)14-10-9-12(15)11-17-14/h9-11,13H,2-8,16H2,1H3. The largest absolute Gasteiger partial charge is 0.323 e. The lowest BCUT2D eigenvalue weighted by Crippen LogP contribution is -2.11. The van der Waals surface area contributed by atoms with Gasteiger partial charge in [-0.1, -0.05) is 57.0 Å². The minimum atomic E-state index is 0.0541. The van der Waals surface area contributed by atoms with Gasteiger partial charge in [0.05, 0.1) is 10.7 Å². The van der Waals surface area contributed by atoms with E-state index in [4.69, 9.17) is 17.3 Å². The van der Waals surface area contributed by atoms with Crippen molar-refractivity contribution in [2.75, 3.05) is 0 Å². The highest BCUT2D eigenvalue weighted by Gasteiger charge is 2.06. The van der Waals surface area contributed by atoms with Gasteiger partial charge in [0.15, 0.2) is 0 Å². The van der Waals surface area contributed by atoms with Gasteiger partial charge in [-0.25, -0.2) is 0 Å². The first-order valence-electron chi connectivity index (χ1n) is 6.61. The summed E-state index contributed by atoms with van der Waals surface area (Å²) in [6.07, 6.45) is 10.5. The van der Waals surface area contributed by atoms with Crippen LogP contribution in [0, 0.1) is 0 Å². The van der Waals surface area contributed by atoms with E-state index >= 15 is 0 Å². The summed E-state index contributed by atoms with van der Waals surface area (Å²) in [6.45, 7) is 2.24. The molecular formula is C14H23ClN2. The van der Waals surface area contributed by atoms with Crippen LogP contribution in [0.1, 0.15) is 63.6 Å². The molecule has 0 aromatic carbocycles. The number of pyridine rings is 1. The molecular weight excluding hydrogens is 232 g/mol. The molecule has 1 aromatic heterocycles. The first kappa shape index (κ1) is 14.5. The Hall–Kier alpha value is -0.600. The van der Waals surface area contributed by atoms with Crippen molar-refractivity contribution in [1.29, 1.82) is 0 Å². The zero-order chi connectivity index (χ0) is 12.5. The summed E-state index contributed by atoms with van der Waals surface area (Å²) in [4.78, 5) is 4.25. The second-order valence-electron chi connectivity index (χ2n) is 4.56. The summed E-state index contributed by atoms with van der Waals surface area (Å²) >= 11 is 5.79. The molecule has 0 aliphatic rings. The third-order valence-corrected chi connectivity index (χ3v) is 3.22. The molecule has 0 aliphatic heterocycles. The third-order valence-electron chi connectivity index (χ3n) is 3.00. The third kappa shape index (κ3) is 6.04. The molecule has 0 radical (unpaired) electrons. The van der Waals surface area contributed by atoms with Crippen molar-refractivity contribution in [2.45, 2.75) is 57.9 Å². The van der Waals surface area contributed by atoms with Gasteiger partial charge < -0.3 is 5.73 Å². The summed E-state index contributed by atoms with van der Waals surface area (Å²) in [5.74, 6) is 0. The van der Waals surface area contributed by atoms with Gasteiger partial charge in [-0.05, 0) is 18.6 Å². The lowest BCUT2D eigenvalue weighted by molar-refractivity contribution is 0.541. The molecule has 0 fully saturated rings. The fourth-order valence-electron chi connectivity index (χ4n) is 1.90. The summed E-state index contributed by atoms with van der Waals surface area (Å²) in [5, 5.41) is 0.667. The van der Waals surface area contributed by atoms with E-state index < -0.39 is 0 Å². The van der Waals surface area contributed by atoms with Crippen LogP contribution in [0.15, 0.2) is 18.3 Å². The van der Waals surface area contributed by atoms with E-state index in [1.807, 2.05) is 12.1 Å². The van der Waals surface area contributed by atoms with Crippen molar-refractivity contribution in [3.05, 3.63) is 29.0 Å². The molecule has 96 valence electrons. The topological polar surface area (TPSA) is 38.9 Å². The van der Waals surface area contributed by atoms with Crippen LogP contribution in [0.5, 0.6) is 0 Å². The Balaban J connectivity index is 2.16. The fraction of sp³-hybridized carbons (Fsp3) is 0.643. The maximum Gasteiger partial charge on any atom is 0.0589 e. The Kier molecular flexibility index (Phi) is 7.22. The molecule has 17 heavy (non-hydrogen) atoms. The van der Waals surface area contributed by atoms with E-state index in [0.29, 0.717) is 5.02 Å². The molecule has 2 nitrogen and oxygen atoms in total. The number of nitrogens with zero attached hydrogens (tertiary/aromatic N) is 1. The van der Waals surface area contributed by atoms with Gasteiger partial charge in [0, 0.05) is 12.2 Å². The molecule has 1 rings (SSSR count). The first-order chi connectivity index (χ1) is 8.24. The number of halogens is 1. The molecule has 3 heteroatoms. The fourth-order valence-corrected chi connectivity index (χ4v) is 2.01. The molecule has 0 saturated carbocycles. The van der Waals surface area contributed by atoms with Gasteiger partial charge in [-0.2, -0.15) is 0 Å². The van der Waals surface area contributed by atoms with Crippen molar-refractivity contribution in [2.24, 2.45) is 5.73 Å². The number of hydrogen-bond acceptors (Lipinski definition) is 2. The molecule has 2 N–H and O–H groups in total. The summed E-state index contributed by atoms with van der Waals surface area (Å²) < 4.78 is 0. The molecule has 0 spiro atoms.